The summed E-state index contributed by atoms with van der Waals surface area (Å²) in [5.41, 5.74) is 3.70. The smallest absolute Gasteiger partial charge is 0.303 e. The minimum absolute atomic E-state index is 0.0467. The van der Waals surface area contributed by atoms with E-state index in [-0.39, 0.29) is 18.9 Å². The molecule has 4 aromatic carbocycles. The number of nitrogens with zero attached hydrogens (tertiary/aromatic N) is 1. The molecule has 2 N–H and O–H groups in total. The van der Waals surface area contributed by atoms with Gasteiger partial charge in [0.2, 0.25) is 5.91 Å². The molecule has 0 heterocycles. The fourth-order valence-electron chi connectivity index (χ4n) is 4.49. The number of anilines is 1. The predicted molar refractivity (Wildman–Crippen MR) is 152 cm³/mol. The van der Waals surface area contributed by atoms with E-state index in [1.165, 1.54) is 7.11 Å². The maximum Gasteiger partial charge on any atom is 0.303 e. The Morgan fingerprint density at radius 1 is 1.00 bits per heavy atom. The van der Waals surface area contributed by atoms with E-state index in [0.29, 0.717) is 35.7 Å². The van der Waals surface area contributed by atoms with Crippen molar-refractivity contribution in [2.45, 2.75) is 38.7 Å². The number of methoxy groups -OCH3 is 1. The summed E-state index contributed by atoms with van der Waals surface area (Å²) in [6.07, 6.45) is 1.01. The van der Waals surface area contributed by atoms with E-state index in [4.69, 9.17) is 21.2 Å². The molecular formula is C32H30N2O5. The number of rotatable bonds is 11. The number of ether oxygens (including phenoxy) is 2. The lowest BCUT2D eigenvalue weighted by molar-refractivity contribution is -0.137. The van der Waals surface area contributed by atoms with Crippen molar-refractivity contribution in [3.05, 3.63) is 107 Å². The van der Waals surface area contributed by atoms with Crippen LogP contribution in [-0.4, -0.2) is 24.1 Å². The Labute approximate surface area is 227 Å². The average Bonchev–Trinajstić information content (AvgIpc) is 2.96. The molecule has 0 radical (unpaired) electrons. The third-order valence-corrected chi connectivity index (χ3v) is 6.62. The first kappa shape index (κ1) is 27.2. The van der Waals surface area contributed by atoms with Crippen molar-refractivity contribution in [3.8, 4) is 11.5 Å². The Bertz CT molecular complexity index is 1530. The molecule has 1 unspecified atom stereocenters. The highest BCUT2D eigenvalue weighted by Gasteiger charge is 2.19. The molecule has 198 valence electrons. The van der Waals surface area contributed by atoms with Crippen LogP contribution in [0.2, 0.25) is 0 Å². The van der Waals surface area contributed by atoms with Crippen molar-refractivity contribution in [1.82, 2.24) is 0 Å². The number of amides is 1. The normalized spacial score (nSPS) is 11.4. The molecule has 0 aliphatic heterocycles. The molecular weight excluding hydrogens is 492 g/mol. The lowest BCUT2D eigenvalue weighted by Gasteiger charge is -2.18. The van der Waals surface area contributed by atoms with E-state index >= 15 is 0 Å². The van der Waals surface area contributed by atoms with Crippen molar-refractivity contribution < 1.29 is 24.2 Å². The number of hydrogen-bond donors (Lipinski definition) is 2. The lowest BCUT2D eigenvalue weighted by Crippen LogP contribution is -2.20. The van der Waals surface area contributed by atoms with Gasteiger partial charge in [0.05, 0.1) is 19.6 Å². The Kier molecular flexibility index (Phi) is 8.80. The van der Waals surface area contributed by atoms with Crippen LogP contribution in [-0.2, 0) is 22.6 Å². The van der Waals surface area contributed by atoms with Gasteiger partial charge in [0.25, 0.3) is 0 Å². The van der Waals surface area contributed by atoms with Gasteiger partial charge in [0.1, 0.15) is 12.4 Å². The van der Waals surface area contributed by atoms with Gasteiger partial charge >= 0.3 is 5.97 Å². The molecule has 4 rings (SSSR count). The zero-order chi connectivity index (χ0) is 27.8. The zero-order valence-electron chi connectivity index (χ0n) is 21.9. The summed E-state index contributed by atoms with van der Waals surface area (Å²) in [5.74, 6) is -0.446. The maximum atomic E-state index is 13.4. The molecule has 0 saturated heterocycles. The van der Waals surface area contributed by atoms with Gasteiger partial charge in [-0.05, 0) is 65.4 Å². The van der Waals surface area contributed by atoms with Crippen LogP contribution in [0.5, 0.6) is 11.5 Å². The van der Waals surface area contributed by atoms with Crippen LogP contribution in [0, 0.1) is 6.57 Å². The van der Waals surface area contributed by atoms with Crippen molar-refractivity contribution in [2.24, 2.45) is 0 Å². The van der Waals surface area contributed by atoms with E-state index in [0.717, 1.165) is 27.5 Å². The summed E-state index contributed by atoms with van der Waals surface area (Å²) in [5, 5.41) is 14.3. The maximum absolute atomic E-state index is 13.4. The highest BCUT2D eigenvalue weighted by Crippen LogP contribution is 2.33. The Balaban J connectivity index is 1.57. The number of fused-ring (bicyclic) bond motifs is 1. The van der Waals surface area contributed by atoms with Crippen LogP contribution >= 0.6 is 0 Å². The van der Waals surface area contributed by atoms with Crippen LogP contribution in [0.4, 0.5) is 11.4 Å². The third kappa shape index (κ3) is 6.74. The summed E-state index contributed by atoms with van der Waals surface area (Å²) >= 11 is 0. The minimum atomic E-state index is -0.853. The first-order valence-corrected chi connectivity index (χ1v) is 12.7. The Morgan fingerprint density at radius 3 is 2.56 bits per heavy atom. The highest BCUT2D eigenvalue weighted by molar-refractivity contribution is 5.99. The topological polar surface area (TPSA) is 89.2 Å². The van der Waals surface area contributed by atoms with Gasteiger partial charge in [-0.3, -0.25) is 9.59 Å². The first-order chi connectivity index (χ1) is 18.9. The number of nitrogens with one attached hydrogen (secondary N) is 1. The number of carbonyl (C=O) groups is 2. The van der Waals surface area contributed by atoms with E-state index in [2.05, 4.69) is 10.2 Å². The fourth-order valence-corrected chi connectivity index (χ4v) is 4.49. The number of carboxylic acid groups (broad SMARTS) is 1. The molecule has 1 atom stereocenters. The molecule has 0 aliphatic rings. The number of aryl methyl sites for hydroxylation is 1. The van der Waals surface area contributed by atoms with Crippen LogP contribution in [0.3, 0.4) is 0 Å². The summed E-state index contributed by atoms with van der Waals surface area (Å²) in [6.45, 7) is 9.28. The second-order valence-electron chi connectivity index (χ2n) is 9.25. The van der Waals surface area contributed by atoms with Crippen molar-refractivity contribution in [3.63, 3.8) is 0 Å². The molecule has 0 saturated carbocycles. The highest BCUT2D eigenvalue weighted by atomic mass is 16.5. The Morgan fingerprint density at radius 2 is 1.79 bits per heavy atom. The van der Waals surface area contributed by atoms with Gasteiger partial charge in [-0.15, -0.1) is 0 Å². The lowest BCUT2D eigenvalue weighted by atomic mass is 9.94. The van der Waals surface area contributed by atoms with Gasteiger partial charge in [0, 0.05) is 12.1 Å². The van der Waals surface area contributed by atoms with Gasteiger partial charge < -0.3 is 19.9 Å². The SMILES string of the molecule is [C-]#[N+]c1ccc(OCc2ccc(CCCC(=O)O)c(NC(=O)C(C)c3cccc4ccccc34)c2)c(OC)c1. The molecule has 0 aromatic heterocycles. The second kappa shape index (κ2) is 12.6. The van der Waals surface area contributed by atoms with Crippen LogP contribution in [0.1, 0.15) is 42.4 Å². The number of benzene rings is 4. The summed E-state index contributed by atoms with van der Waals surface area (Å²) < 4.78 is 11.3. The van der Waals surface area contributed by atoms with Gasteiger partial charge in [-0.25, -0.2) is 4.85 Å². The van der Waals surface area contributed by atoms with Crippen LogP contribution in [0.15, 0.2) is 78.9 Å². The van der Waals surface area contributed by atoms with E-state index < -0.39 is 11.9 Å². The van der Waals surface area contributed by atoms with E-state index in [1.807, 2.05) is 67.6 Å². The number of hydrogen-bond acceptors (Lipinski definition) is 4. The van der Waals surface area contributed by atoms with Crippen molar-refractivity contribution in [1.29, 1.82) is 0 Å². The van der Waals surface area contributed by atoms with Crippen LogP contribution < -0.4 is 14.8 Å². The minimum Gasteiger partial charge on any atom is -0.494 e. The predicted octanol–water partition coefficient (Wildman–Crippen LogP) is 7.13. The van der Waals surface area contributed by atoms with Gasteiger partial charge in [-0.2, -0.15) is 0 Å². The number of carboxylic acids is 1. The van der Waals surface area contributed by atoms with Crippen molar-refractivity contribution in [2.75, 3.05) is 12.4 Å². The monoisotopic (exact) mass is 522 g/mol. The molecule has 0 spiro atoms. The number of aliphatic carboxylic acids is 1. The molecule has 0 aliphatic carbocycles. The van der Waals surface area contributed by atoms with E-state index in [9.17, 15) is 9.59 Å². The second-order valence-corrected chi connectivity index (χ2v) is 9.25. The van der Waals surface area contributed by atoms with Crippen molar-refractivity contribution >= 4 is 34.0 Å². The molecule has 4 aromatic rings. The quantitative estimate of drug-likeness (QED) is 0.205. The molecule has 0 fully saturated rings. The summed E-state index contributed by atoms with van der Waals surface area (Å²) in [6, 6.07) is 24.6. The molecule has 39 heavy (non-hydrogen) atoms. The third-order valence-electron chi connectivity index (χ3n) is 6.62. The van der Waals surface area contributed by atoms with Crippen LogP contribution in [0.25, 0.3) is 15.6 Å². The molecule has 7 nitrogen and oxygen atoms in total. The average molecular weight is 523 g/mol. The number of carbonyl (C=O) groups excluding carboxylic acids is 1. The first-order valence-electron chi connectivity index (χ1n) is 12.7. The standard InChI is InChI=1S/C32H30N2O5/c1-21(26-12-6-9-23-8-4-5-11-27(23)26)32(37)34-28-18-22(14-15-24(28)10-7-13-31(35)36)20-39-29-17-16-25(33-2)19-30(29)38-3/h4-6,8-9,11-12,14-19,21H,7,10,13,20H2,1,3H3,(H,34,37)(H,35,36). The molecule has 7 heteroatoms. The fraction of sp³-hybridized carbons (Fsp3) is 0.219. The summed E-state index contributed by atoms with van der Waals surface area (Å²) in [7, 11) is 1.52. The van der Waals surface area contributed by atoms with Gasteiger partial charge in [0.15, 0.2) is 11.4 Å². The largest absolute Gasteiger partial charge is 0.494 e. The molecule has 1 amide bonds. The summed E-state index contributed by atoms with van der Waals surface area (Å²) in [4.78, 5) is 27.9. The van der Waals surface area contributed by atoms with E-state index in [1.54, 1.807) is 18.2 Å². The zero-order valence-corrected chi connectivity index (χ0v) is 21.9. The molecule has 0 bridgehead atoms. The Hall–Kier alpha value is -4.83. The van der Waals surface area contributed by atoms with Gasteiger partial charge in [-0.1, -0.05) is 60.7 Å².